The summed E-state index contributed by atoms with van der Waals surface area (Å²) in [7, 11) is 1.84. The van der Waals surface area contributed by atoms with Gasteiger partial charge in [0, 0.05) is 41.7 Å². The first-order valence-corrected chi connectivity index (χ1v) is 7.53. The highest BCUT2D eigenvalue weighted by Crippen LogP contribution is 2.33. The second-order valence-electron chi connectivity index (χ2n) is 4.07. The Morgan fingerprint density at radius 2 is 2.31 bits per heavy atom. The summed E-state index contributed by atoms with van der Waals surface area (Å²) in [5.41, 5.74) is 0.873. The molecule has 16 heavy (non-hydrogen) atoms. The first-order valence-electron chi connectivity index (χ1n) is 5.43. The number of aliphatic hydroxyl groups is 1. The van der Waals surface area contributed by atoms with Gasteiger partial charge in [-0.25, -0.2) is 0 Å². The molecule has 0 aliphatic carbocycles. The van der Waals surface area contributed by atoms with E-state index in [1.165, 1.54) is 5.75 Å². The van der Waals surface area contributed by atoms with Crippen molar-refractivity contribution in [2.75, 3.05) is 11.5 Å². The molecule has 0 spiro atoms. The Bertz CT molecular complexity index is 345. The van der Waals surface area contributed by atoms with Crippen molar-refractivity contribution in [1.29, 1.82) is 0 Å². The standard InChI is InChI=1S/C10H17N3OS2/c1-7-10(16-4-3-15-7)9(14)5-8-6-13(2)12-11-8/h6-7,9-10,14H,3-5H2,1-2H3. The first-order chi connectivity index (χ1) is 7.66. The molecule has 1 aliphatic heterocycles. The van der Waals surface area contributed by atoms with Crippen molar-refractivity contribution < 1.29 is 5.11 Å². The van der Waals surface area contributed by atoms with E-state index in [2.05, 4.69) is 17.2 Å². The molecule has 6 heteroatoms. The van der Waals surface area contributed by atoms with E-state index in [9.17, 15) is 5.11 Å². The van der Waals surface area contributed by atoms with Crippen LogP contribution in [-0.4, -0.2) is 48.2 Å². The quantitative estimate of drug-likeness (QED) is 0.876. The van der Waals surface area contributed by atoms with Gasteiger partial charge in [-0.3, -0.25) is 4.68 Å². The second-order valence-corrected chi connectivity index (χ2v) is 6.84. The Kier molecular flexibility index (Phi) is 4.16. The topological polar surface area (TPSA) is 50.9 Å². The maximum absolute atomic E-state index is 10.2. The number of rotatable bonds is 3. The van der Waals surface area contributed by atoms with E-state index >= 15 is 0 Å². The molecular formula is C10H17N3OS2. The summed E-state index contributed by atoms with van der Waals surface area (Å²) in [6, 6.07) is 0. The van der Waals surface area contributed by atoms with Crippen LogP contribution in [0.5, 0.6) is 0 Å². The van der Waals surface area contributed by atoms with Gasteiger partial charge in [0.05, 0.1) is 11.8 Å². The molecule has 1 fully saturated rings. The lowest BCUT2D eigenvalue weighted by Gasteiger charge is -2.31. The Labute approximate surface area is 104 Å². The molecule has 3 atom stereocenters. The highest BCUT2D eigenvalue weighted by atomic mass is 32.2. The van der Waals surface area contributed by atoms with Crippen molar-refractivity contribution in [1.82, 2.24) is 15.0 Å². The molecule has 4 nitrogen and oxygen atoms in total. The van der Waals surface area contributed by atoms with Gasteiger partial charge in [-0.1, -0.05) is 12.1 Å². The van der Waals surface area contributed by atoms with E-state index in [0.717, 1.165) is 11.4 Å². The molecule has 1 aromatic rings. The van der Waals surface area contributed by atoms with Crippen LogP contribution in [0.4, 0.5) is 0 Å². The summed E-state index contributed by atoms with van der Waals surface area (Å²) in [5.74, 6) is 2.33. The SMILES string of the molecule is CC1SCCSC1C(O)Cc1cn(C)nn1. The van der Waals surface area contributed by atoms with E-state index in [1.807, 2.05) is 36.8 Å². The Balaban J connectivity index is 1.93. The summed E-state index contributed by atoms with van der Waals surface area (Å²) in [6.07, 6.45) is 2.16. The molecule has 0 radical (unpaired) electrons. The third kappa shape index (κ3) is 2.93. The molecule has 1 N–H and O–H groups in total. The summed E-state index contributed by atoms with van der Waals surface area (Å²) in [5, 5.41) is 18.9. The van der Waals surface area contributed by atoms with Crippen LogP contribution in [0.15, 0.2) is 6.20 Å². The van der Waals surface area contributed by atoms with Gasteiger partial charge in [-0.2, -0.15) is 23.5 Å². The van der Waals surface area contributed by atoms with Crippen LogP contribution in [-0.2, 0) is 13.5 Å². The molecule has 0 aromatic carbocycles. The van der Waals surface area contributed by atoms with Crippen LogP contribution in [0.2, 0.25) is 0 Å². The molecule has 90 valence electrons. The minimum atomic E-state index is -0.315. The molecule has 3 unspecified atom stereocenters. The van der Waals surface area contributed by atoms with E-state index in [0.29, 0.717) is 16.9 Å². The maximum Gasteiger partial charge on any atom is 0.0853 e. The van der Waals surface area contributed by atoms with Gasteiger partial charge in [0.2, 0.25) is 0 Å². The first kappa shape index (κ1) is 12.3. The van der Waals surface area contributed by atoms with E-state index in [1.54, 1.807) is 4.68 Å². The van der Waals surface area contributed by atoms with E-state index in [-0.39, 0.29) is 6.10 Å². The molecule has 0 bridgehead atoms. The van der Waals surface area contributed by atoms with Crippen molar-refractivity contribution in [2.45, 2.75) is 29.9 Å². The van der Waals surface area contributed by atoms with Crippen LogP contribution in [0.25, 0.3) is 0 Å². The number of hydrogen-bond donors (Lipinski definition) is 1. The number of aryl methyl sites for hydroxylation is 1. The fraction of sp³-hybridized carbons (Fsp3) is 0.800. The van der Waals surface area contributed by atoms with Crippen molar-refractivity contribution in [2.24, 2.45) is 7.05 Å². The third-order valence-corrected chi connectivity index (χ3v) is 5.92. The van der Waals surface area contributed by atoms with Crippen LogP contribution in [0.3, 0.4) is 0 Å². The minimum absolute atomic E-state index is 0.315. The zero-order valence-electron chi connectivity index (χ0n) is 9.54. The number of thioether (sulfide) groups is 2. The fourth-order valence-electron chi connectivity index (χ4n) is 1.89. The summed E-state index contributed by atoms with van der Waals surface area (Å²) in [4.78, 5) is 0. The van der Waals surface area contributed by atoms with Gasteiger partial charge in [-0.05, 0) is 0 Å². The van der Waals surface area contributed by atoms with Gasteiger partial charge in [0.15, 0.2) is 0 Å². The van der Waals surface area contributed by atoms with Gasteiger partial charge < -0.3 is 5.11 Å². The van der Waals surface area contributed by atoms with Crippen molar-refractivity contribution in [3.63, 3.8) is 0 Å². The van der Waals surface area contributed by atoms with Crippen molar-refractivity contribution >= 4 is 23.5 Å². The molecule has 1 aromatic heterocycles. The lowest BCUT2D eigenvalue weighted by Crippen LogP contribution is -2.36. The van der Waals surface area contributed by atoms with Crippen LogP contribution < -0.4 is 0 Å². The van der Waals surface area contributed by atoms with Crippen LogP contribution >= 0.6 is 23.5 Å². The largest absolute Gasteiger partial charge is 0.392 e. The predicted octanol–water partition coefficient (Wildman–Crippen LogP) is 0.956. The molecule has 0 amide bonds. The van der Waals surface area contributed by atoms with Gasteiger partial charge in [-0.15, -0.1) is 5.10 Å². The van der Waals surface area contributed by atoms with Crippen molar-refractivity contribution in [3.05, 3.63) is 11.9 Å². The molecule has 2 heterocycles. The Morgan fingerprint density at radius 1 is 1.56 bits per heavy atom. The molecule has 0 saturated carbocycles. The average Bonchev–Trinajstić information content (AvgIpc) is 2.64. The predicted molar refractivity (Wildman–Crippen MR) is 68.9 cm³/mol. The number of aromatic nitrogens is 3. The zero-order chi connectivity index (χ0) is 11.5. The van der Waals surface area contributed by atoms with Crippen LogP contribution in [0, 0.1) is 0 Å². The summed E-state index contributed by atoms with van der Waals surface area (Å²) >= 11 is 3.83. The maximum atomic E-state index is 10.2. The molecule has 2 rings (SSSR count). The summed E-state index contributed by atoms with van der Waals surface area (Å²) in [6.45, 7) is 2.20. The smallest absolute Gasteiger partial charge is 0.0853 e. The highest BCUT2D eigenvalue weighted by Gasteiger charge is 2.29. The van der Waals surface area contributed by atoms with Crippen LogP contribution in [0.1, 0.15) is 12.6 Å². The average molecular weight is 259 g/mol. The number of aliphatic hydroxyl groups excluding tert-OH is 1. The number of hydrogen-bond acceptors (Lipinski definition) is 5. The monoisotopic (exact) mass is 259 g/mol. The fourth-order valence-corrected chi connectivity index (χ4v) is 4.74. The zero-order valence-corrected chi connectivity index (χ0v) is 11.2. The minimum Gasteiger partial charge on any atom is -0.392 e. The van der Waals surface area contributed by atoms with E-state index < -0.39 is 0 Å². The summed E-state index contributed by atoms with van der Waals surface area (Å²) < 4.78 is 1.67. The molecule has 1 saturated heterocycles. The second kappa shape index (κ2) is 5.42. The van der Waals surface area contributed by atoms with E-state index in [4.69, 9.17) is 0 Å². The lowest BCUT2D eigenvalue weighted by molar-refractivity contribution is 0.170. The van der Waals surface area contributed by atoms with Crippen molar-refractivity contribution in [3.8, 4) is 0 Å². The number of nitrogens with zero attached hydrogens (tertiary/aromatic N) is 3. The van der Waals surface area contributed by atoms with Gasteiger partial charge in [0.1, 0.15) is 0 Å². The third-order valence-electron chi connectivity index (χ3n) is 2.68. The molecular weight excluding hydrogens is 242 g/mol. The normalized spacial score (nSPS) is 27.9. The van der Waals surface area contributed by atoms with Gasteiger partial charge in [0.25, 0.3) is 0 Å². The molecule has 1 aliphatic rings. The Morgan fingerprint density at radius 3 is 2.94 bits per heavy atom. The highest BCUT2D eigenvalue weighted by molar-refractivity contribution is 8.07. The Hall–Kier alpha value is -0.200. The van der Waals surface area contributed by atoms with Gasteiger partial charge >= 0.3 is 0 Å². The lowest BCUT2D eigenvalue weighted by atomic mass is 10.1.